The summed E-state index contributed by atoms with van der Waals surface area (Å²) in [6.07, 6.45) is 0. The first-order valence-electron chi connectivity index (χ1n) is 8.05. The van der Waals surface area contributed by atoms with Gasteiger partial charge in [0.1, 0.15) is 0 Å². The van der Waals surface area contributed by atoms with Gasteiger partial charge in [-0.3, -0.25) is 4.79 Å². The average molecular weight is 333 g/mol. The maximum Gasteiger partial charge on any atom is 0.315 e. The van der Waals surface area contributed by atoms with Crippen LogP contribution >= 0.6 is 0 Å². The van der Waals surface area contributed by atoms with Crippen LogP contribution < -0.4 is 16.0 Å². The van der Waals surface area contributed by atoms with E-state index >= 15 is 0 Å². The van der Waals surface area contributed by atoms with Gasteiger partial charge in [-0.25, -0.2) is 4.79 Å². The smallest absolute Gasteiger partial charge is 0.315 e. The van der Waals surface area contributed by atoms with Crippen LogP contribution in [0.5, 0.6) is 0 Å². The molecule has 0 spiro atoms. The number of benzene rings is 3. The Balaban J connectivity index is 1.46. The van der Waals surface area contributed by atoms with E-state index in [0.717, 1.165) is 16.3 Å². The van der Waals surface area contributed by atoms with Crippen LogP contribution in [0.15, 0.2) is 72.8 Å². The number of rotatable bonds is 5. The Bertz CT molecular complexity index is 878. The third-order valence-electron chi connectivity index (χ3n) is 3.74. The van der Waals surface area contributed by atoms with E-state index in [4.69, 9.17) is 0 Å². The standard InChI is InChI=1S/C20H19N3O2/c24-19(14-22-20(25)21-13-15-6-2-1-3-7-15)23-18-11-10-16-8-4-5-9-17(16)12-18/h1-12H,13-14H2,(H,23,24)(H2,21,22,25). The molecule has 3 N–H and O–H groups in total. The Morgan fingerprint density at radius 2 is 1.48 bits per heavy atom. The summed E-state index contributed by atoms with van der Waals surface area (Å²) in [4.78, 5) is 23.7. The van der Waals surface area contributed by atoms with Gasteiger partial charge in [-0.15, -0.1) is 0 Å². The van der Waals surface area contributed by atoms with E-state index in [9.17, 15) is 9.59 Å². The first kappa shape index (κ1) is 16.5. The zero-order valence-corrected chi connectivity index (χ0v) is 13.7. The Labute approximate surface area is 146 Å². The molecule has 0 aliphatic carbocycles. The van der Waals surface area contributed by atoms with Crippen LogP contribution in [0.1, 0.15) is 5.56 Å². The second-order valence-corrected chi connectivity index (χ2v) is 5.63. The van der Waals surface area contributed by atoms with Gasteiger partial charge < -0.3 is 16.0 Å². The first-order valence-corrected chi connectivity index (χ1v) is 8.05. The topological polar surface area (TPSA) is 70.2 Å². The van der Waals surface area contributed by atoms with Gasteiger partial charge in [0, 0.05) is 12.2 Å². The van der Waals surface area contributed by atoms with Crippen LogP contribution in [0.4, 0.5) is 10.5 Å². The van der Waals surface area contributed by atoms with Crippen molar-refractivity contribution >= 4 is 28.4 Å². The number of carbonyl (C=O) groups excluding carboxylic acids is 2. The highest BCUT2D eigenvalue weighted by molar-refractivity contribution is 5.96. The van der Waals surface area contributed by atoms with E-state index in [1.165, 1.54) is 0 Å². The molecule has 3 amide bonds. The largest absolute Gasteiger partial charge is 0.334 e. The Morgan fingerprint density at radius 1 is 0.760 bits per heavy atom. The highest BCUT2D eigenvalue weighted by Crippen LogP contribution is 2.18. The Kier molecular flexibility index (Phi) is 5.26. The van der Waals surface area contributed by atoms with E-state index in [1.54, 1.807) is 0 Å². The third-order valence-corrected chi connectivity index (χ3v) is 3.74. The quantitative estimate of drug-likeness (QED) is 0.670. The normalized spacial score (nSPS) is 10.2. The summed E-state index contributed by atoms with van der Waals surface area (Å²) < 4.78 is 0. The fourth-order valence-corrected chi connectivity index (χ4v) is 2.47. The predicted octanol–water partition coefficient (Wildman–Crippen LogP) is 3.28. The predicted molar refractivity (Wildman–Crippen MR) is 99.3 cm³/mol. The van der Waals surface area contributed by atoms with Crippen LogP contribution in [0.3, 0.4) is 0 Å². The van der Waals surface area contributed by atoms with Crippen molar-refractivity contribution in [1.82, 2.24) is 10.6 Å². The minimum atomic E-state index is -0.377. The molecule has 0 fully saturated rings. The number of hydrogen-bond acceptors (Lipinski definition) is 2. The van der Waals surface area contributed by atoms with Gasteiger partial charge in [0.15, 0.2) is 0 Å². The van der Waals surface area contributed by atoms with Crippen molar-refractivity contribution in [3.8, 4) is 0 Å². The van der Waals surface area contributed by atoms with Crippen molar-refractivity contribution in [1.29, 1.82) is 0 Å². The second kappa shape index (κ2) is 7.97. The van der Waals surface area contributed by atoms with Crippen molar-refractivity contribution in [2.45, 2.75) is 6.54 Å². The van der Waals surface area contributed by atoms with Gasteiger partial charge in [0.05, 0.1) is 6.54 Å². The van der Waals surface area contributed by atoms with Crippen molar-refractivity contribution in [3.63, 3.8) is 0 Å². The fraction of sp³-hybridized carbons (Fsp3) is 0.100. The molecule has 3 aromatic rings. The van der Waals surface area contributed by atoms with E-state index in [0.29, 0.717) is 12.2 Å². The average Bonchev–Trinajstić information content (AvgIpc) is 2.65. The lowest BCUT2D eigenvalue weighted by atomic mass is 10.1. The summed E-state index contributed by atoms with van der Waals surface area (Å²) in [5, 5.41) is 10.2. The fourth-order valence-electron chi connectivity index (χ4n) is 2.47. The monoisotopic (exact) mass is 333 g/mol. The van der Waals surface area contributed by atoms with Crippen LogP contribution in [-0.4, -0.2) is 18.5 Å². The minimum absolute atomic E-state index is 0.0898. The number of urea groups is 1. The number of nitrogens with one attached hydrogen (secondary N) is 3. The molecule has 5 heteroatoms. The number of fused-ring (bicyclic) bond motifs is 1. The summed E-state index contributed by atoms with van der Waals surface area (Å²) in [6, 6.07) is 22.8. The Morgan fingerprint density at radius 3 is 2.28 bits per heavy atom. The van der Waals surface area contributed by atoms with Crippen molar-refractivity contribution in [3.05, 3.63) is 78.4 Å². The van der Waals surface area contributed by atoms with Crippen molar-refractivity contribution in [2.75, 3.05) is 11.9 Å². The zero-order chi connectivity index (χ0) is 17.5. The van der Waals surface area contributed by atoms with Crippen molar-refractivity contribution in [2.24, 2.45) is 0 Å². The molecule has 3 rings (SSSR count). The second-order valence-electron chi connectivity index (χ2n) is 5.63. The SMILES string of the molecule is O=C(CNC(=O)NCc1ccccc1)Nc1ccc2ccccc2c1. The molecule has 0 saturated carbocycles. The third kappa shape index (κ3) is 4.81. The van der Waals surface area contributed by atoms with Gasteiger partial charge in [0.25, 0.3) is 0 Å². The highest BCUT2D eigenvalue weighted by atomic mass is 16.2. The van der Waals surface area contributed by atoms with Crippen LogP contribution in [0, 0.1) is 0 Å². The van der Waals surface area contributed by atoms with Crippen LogP contribution in [-0.2, 0) is 11.3 Å². The lowest BCUT2D eigenvalue weighted by Gasteiger charge is -2.09. The highest BCUT2D eigenvalue weighted by Gasteiger charge is 2.06. The summed E-state index contributed by atoms with van der Waals surface area (Å²) in [5.41, 5.74) is 1.70. The first-order chi connectivity index (χ1) is 12.2. The van der Waals surface area contributed by atoms with Gasteiger partial charge in [-0.2, -0.15) is 0 Å². The van der Waals surface area contributed by atoms with E-state index in [2.05, 4.69) is 16.0 Å². The summed E-state index contributed by atoms with van der Waals surface area (Å²) in [7, 11) is 0. The lowest BCUT2D eigenvalue weighted by molar-refractivity contribution is -0.115. The van der Waals surface area contributed by atoms with Crippen molar-refractivity contribution < 1.29 is 9.59 Å². The van der Waals surface area contributed by atoms with E-state index < -0.39 is 0 Å². The number of carbonyl (C=O) groups is 2. The molecule has 0 heterocycles. The molecule has 0 aliphatic heterocycles. The molecule has 5 nitrogen and oxygen atoms in total. The number of anilines is 1. The van der Waals surface area contributed by atoms with E-state index in [-0.39, 0.29) is 18.5 Å². The molecule has 0 atom stereocenters. The molecule has 0 bridgehead atoms. The van der Waals surface area contributed by atoms with Gasteiger partial charge >= 0.3 is 6.03 Å². The molecular weight excluding hydrogens is 314 g/mol. The molecule has 0 saturated heterocycles. The van der Waals surface area contributed by atoms with Gasteiger partial charge in [0.2, 0.25) is 5.91 Å². The number of amides is 3. The Hall–Kier alpha value is -3.34. The molecule has 126 valence electrons. The molecule has 0 aliphatic rings. The van der Waals surface area contributed by atoms with Crippen LogP contribution in [0.2, 0.25) is 0 Å². The van der Waals surface area contributed by atoms with E-state index in [1.807, 2.05) is 72.8 Å². The summed E-state index contributed by atoms with van der Waals surface area (Å²) >= 11 is 0. The molecule has 0 unspecified atom stereocenters. The maximum atomic E-state index is 12.0. The van der Waals surface area contributed by atoms with Gasteiger partial charge in [-0.05, 0) is 28.5 Å². The zero-order valence-electron chi connectivity index (χ0n) is 13.7. The summed E-state index contributed by atoms with van der Waals surface area (Å²) in [5.74, 6) is -0.273. The molecular formula is C20H19N3O2. The van der Waals surface area contributed by atoms with Gasteiger partial charge in [-0.1, -0.05) is 60.7 Å². The minimum Gasteiger partial charge on any atom is -0.334 e. The lowest BCUT2D eigenvalue weighted by Crippen LogP contribution is -2.39. The number of hydrogen-bond donors (Lipinski definition) is 3. The molecule has 0 aromatic heterocycles. The van der Waals surface area contributed by atoms with Crippen LogP contribution in [0.25, 0.3) is 10.8 Å². The molecule has 0 radical (unpaired) electrons. The molecule has 25 heavy (non-hydrogen) atoms. The molecule has 3 aromatic carbocycles. The maximum absolute atomic E-state index is 12.0. The summed E-state index contributed by atoms with van der Waals surface area (Å²) in [6.45, 7) is 0.326.